The Bertz CT molecular complexity index is 1030. The van der Waals surface area contributed by atoms with Gasteiger partial charge in [-0.2, -0.15) is 0 Å². The molecule has 0 saturated carbocycles. The van der Waals surface area contributed by atoms with E-state index in [0.29, 0.717) is 24.3 Å². The fourth-order valence-corrected chi connectivity index (χ4v) is 3.88. The van der Waals surface area contributed by atoms with Crippen molar-refractivity contribution < 1.29 is 24.2 Å². The molecule has 0 fully saturated rings. The van der Waals surface area contributed by atoms with Crippen LogP contribution in [0.4, 0.5) is 10.5 Å². The molecule has 2 aromatic carbocycles. The Balaban J connectivity index is 2.17. The minimum atomic E-state index is -1.40. The minimum Gasteiger partial charge on any atom is -0.530 e. The Morgan fingerprint density at radius 2 is 1.69 bits per heavy atom. The van der Waals surface area contributed by atoms with Crippen LogP contribution in [0.25, 0.3) is 0 Å². The van der Waals surface area contributed by atoms with Crippen LogP contribution in [0, 0.1) is 0 Å². The van der Waals surface area contributed by atoms with Crippen molar-refractivity contribution in [3.05, 3.63) is 72.3 Å². The van der Waals surface area contributed by atoms with Gasteiger partial charge in [-0.15, -0.1) is 0 Å². The van der Waals surface area contributed by atoms with E-state index >= 15 is 0 Å². The molecule has 0 spiro atoms. The molecule has 0 aromatic heterocycles. The SMILES string of the molecule is CC[C@@H](C(=O)N[C@H](/C=C/C(=O)Nc1ccc(OC)cc1)CCc1ccccc1)N(C(=O)[O-])C(C)(C)C. The number of anilines is 1. The van der Waals surface area contributed by atoms with E-state index in [2.05, 4.69) is 10.6 Å². The van der Waals surface area contributed by atoms with Crippen molar-refractivity contribution in [2.75, 3.05) is 12.4 Å². The van der Waals surface area contributed by atoms with Gasteiger partial charge < -0.3 is 30.2 Å². The summed E-state index contributed by atoms with van der Waals surface area (Å²) in [6, 6.07) is 15.3. The monoisotopic (exact) mass is 494 g/mol. The van der Waals surface area contributed by atoms with Gasteiger partial charge in [0.15, 0.2) is 0 Å². The Morgan fingerprint density at radius 3 is 2.22 bits per heavy atom. The minimum absolute atomic E-state index is 0.282. The summed E-state index contributed by atoms with van der Waals surface area (Å²) >= 11 is 0. The fourth-order valence-electron chi connectivity index (χ4n) is 3.88. The van der Waals surface area contributed by atoms with Gasteiger partial charge in [-0.3, -0.25) is 9.59 Å². The van der Waals surface area contributed by atoms with Crippen LogP contribution in [-0.2, 0) is 16.0 Å². The first-order valence-corrected chi connectivity index (χ1v) is 12.0. The maximum atomic E-state index is 13.2. The van der Waals surface area contributed by atoms with E-state index in [1.165, 1.54) is 6.08 Å². The third-order valence-corrected chi connectivity index (χ3v) is 5.67. The molecule has 2 aromatic rings. The number of carboxylic acid groups (broad SMARTS) is 1. The number of hydrogen-bond donors (Lipinski definition) is 2. The first-order valence-electron chi connectivity index (χ1n) is 12.0. The van der Waals surface area contributed by atoms with Crippen LogP contribution >= 0.6 is 0 Å². The van der Waals surface area contributed by atoms with Crippen molar-refractivity contribution in [2.45, 2.75) is 64.6 Å². The molecule has 194 valence electrons. The van der Waals surface area contributed by atoms with Gasteiger partial charge in [-0.25, -0.2) is 0 Å². The predicted molar refractivity (Wildman–Crippen MR) is 139 cm³/mol. The molecule has 2 N–H and O–H groups in total. The highest BCUT2D eigenvalue weighted by Crippen LogP contribution is 2.20. The fraction of sp³-hybridized carbons (Fsp3) is 0.393. The van der Waals surface area contributed by atoms with Gasteiger partial charge in [0.2, 0.25) is 11.8 Å². The molecular weight excluding hydrogens is 458 g/mol. The lowest BCUT2D eigenvalue weighted by Gasteiger charge is -2.43. The number of aryl methyl sites for hydroxylation is 1. The Labute approximate surface area is 213 Å². The van der Waals surface area contributed by atoms with Crippen LogP contribution in [0.15, 0.2) is 66.7 Å². The molecule has 0 aliphatic carbocycles. The number of rotatable bonds is 11. The Hall–Kier alpha value is -3.81. The summed E-state index contributed by atoms with van der Waals surface area (Å²) in [6.45, 7) is 6.90. The van der Waals surface area contributed by atoms with Crippen LogP contribution < -0.4 is 20.5 Å². The molecule has 2 rings (SSSR count). The lowest BCUT2D eigenvalue weighted by atomic mass is 10.0. The van der Waals surface area contributed by atoms with Crippen LogP contribution in [0.2, 0.25) is 0 Å². The molecule has 36 heavy (non-hydrogen) atoms. The van der Waals surface area contributed by atoms with Gasteiger partial charge in [0.05, 0.1) is 7.11 Å². The highest BCUT2D eigenvalue weighted by molar-refractivity contribution is 5.99. The third kappa shape index (κ3) is 8.76. The van der Waals surface area contributed by atoms with Gasteiger partial charge in [0, 0.05) is 23.3 Å². The zero-order valence-electron chi connectivity index (χ0n) is 21.6. The van der Waals surface area contributed by atoms with Crippen molar-refractivity contribution >= 4 is 23.6 Å². The van der Waals surface area contributed by atoms with Crippen molar-refractivity contribution in [1.29, 1.82) is 0 Å². The molecule has 0 aliphatic rings. The standard InChI is InChI=1S/C28H37N3O5/c1-6-24(31(27(34)35)28(2,3)4)26(33)30-22(13-12-20-10-8-7-9-11-20)16-19-25(32)29-21-14-17-23(36-5)18-15-21/h7-11,14-19,22,24H,6,12-13H2,1-5H3,(H,29,32)(H,30,33)(H,34,35)/p-1/b19-16+/t22-,24-/m0/s1. The van der Waals surface area contributed by atoms with Gasteiger partial charge in [-0.1, -0.05) is 43.3 Å². The van der Waals surface area contributed by atoms with E-state index < -0.39 is 29.6 Å². The van der Waals surface area contributed by atoms with Gasteiger partial charge >= 0.3 is 0 Å². The number of methoxy groups -OCH3 is 1. The number of hydrogen-bond acceptors (Lipinski definition) is 5. The maximum absolute atomic E-state index is 13.2. The second-order valence-corrected chi connectivity index (χ2v) is 9.45. The second kappa shape index (κ2) is 13.3. The predicted octanol–water partition coefficient (Wildman–Crippen LogP) is 3.53. The number of nitrogens with zero attached hydrogens (tertiary/aromatic N) is 1. The first kappa shape index (κ1) is 28.4. The number of benzene rings is 2. The normalized spacial score (nSPS) is 13.0. The van der Waals surface area contributed by atoms with E-state index in [1.807, 2.05) is 30.3 Å². The summed E-state index contributed by atoms with van der Waals surface area (Å²) < 4.78 is 5.12. The highest BCUT2D eigenvalue weighted by Gasteiger charge is 2.33. The summed E-state index contributed by atoms with van der Waals surface area (Å²) in [5.74, 6) is -0.106. The number of ether oxygens (including phenoxy) is 1. The average Bonchev–Trinajstić information content (AvgIpc) is 2.84. The van der Waals surface area contributed by atoms with Crippen LogP contribution in [0.3, 0.4) is 0 Å². The van der Waals surface area contributed by atoms with Crippen molar-refractivity contribution in [2.24, 2.45) is 0 Å². The number of carbonyl (C=O) groups excluding carboxylic acids is 3. The number of carbonyl (C=O) groups is 3. The Kier molecular flexibility index (Phi) is 10.5. The third-order valence-electron chi connectivity index (χ3n) is 5.67. The summed E-state index contributed by atoms with van der Waals surface area (Å²) in [5.41, 5.74) is 0.881. The quantitative estimate of drug-likeness (QED) is 0.464. The Morgan fingerprint density at radius 1 is 1.06 bits per heavy atom. The molecular formula is C28H36N3O5-. The molecule has 8 heteroatoms. The lowest BCUT2D eigenvalue weighted by Crippen LogP contribution is -2.61. The van der Waals surface area contributed by atoms with Crippen LogP contribution in [-0.4, -0.2) is 47.5 Å². The molecule has 0 radical (unpaired) electrons. The maximum Gasteiger partial charge on any atom is 0.248 e. The molecule has 0 aliphatic heterocycles. The summed E-state index contributed by atoms with van der Waals surface area (Å²) in [7, 11) is 1.57. The van der Waals surface area contributed by atoms with Gasteiger partial charge in [0.1, 0.15) is 17.9 Å². The zero-order chi connectivity index (χ0) is 26.7. The molecule has 0 heterocycles. The first-order chi connectivity index (χ1) is 17.0. The highest BCUT2D eigenvalue weighted by atomic mass is 16.5. The largest absolute Gasteiger partial charge is 0.530 e. The average molecular weight is 495 g/mol. The van der Waals surface area contributed by atoms with E-state index in [9.17, 15) is 19.5 Å². The second-order valence-electron chi connectivity index (χ2n) is 9.45. The van der Waals surface area contributed by atoms with E-state index in [4.69, 9.17) is 4.74 Å². The van der Waals surface area contributed by atoms with Crippen molar-refractivity contribution in [3.8, 4) is 5.75 Å². The molecule has 0 saturated heterocycles. The molecule has 0 bridgehead atoms. The zero-order valence-corrected chi connectivity index (χ0v) is 21.6. The topological polar surface area (TPSA) is 111 Å². The van der Waals surface area contributed by atoms with Crippen molar-refractivity contribution in [3.63, 3.8) is 0 Å². The van der Waals surface area contributed by atoms with E-state index in [0.717, 1.165) is 10.5 Å². The van der Waals surface area contributed by atoms with E-state index in [-0.39, 0.29) is 12.3 Å². The summed E-state index contributed by atoms with van der Waals surface area (Å²) in [5, 5.41) is 17.5. The molecule has 2 atom stereocenters. The summed E-state index contributed by atoms with van der Waals surface area (Å²) in [6.07, 6.45) is 3.08. The molecule has 0 unspecified atom stereocenters. The van der Waals surface area contributed by atoms with Gasteiger partial charge in [-0.05, 0) is 69.9 Å². The molecule has 8 nitrogen and oxygen atoms in total. The molecule has 3 amide bonds. The van der Waals surface area contributed by atoms with Crippen molar-refractivity contribution in [1.82, 2.24) is 10.2 Å². The summed E-state index contributed by atoms with van der Waals surface area (Å²) in [4.78, 5) is 38.6. The number of amides is 3. The van der Waals surface area contributed by atoms with E-state index in [1.54, 1.807) is 65.1 Å². The smallest absolute Gasteiger partial charge is 0.248 e. The van der Waals surface area contributed by atoms with Gasteiger partial charge in [0.25, 0.3) is 0 Å². The lowest BCUT2D eigenvalue weighted by molar-refractivity contribution is -0.273. The van der Waals surface area contributed by atoms with Crippen LogP contribution in [0.1, 0.15) is 46.1 Å². The number of nitrogens with one attached hydrogen (secondary N) is 2. The van der Waals surface area contributed by atoms with Crippen LogP contribution in [0.5, 0.6) is 5.75 Å².